The highest BCUT2D eigenvalue weighted by Gasteiger charge is 2.33. The van der Waals surface area contributed by atoms with Crippen molar-refractivity contribution >= 4 is 0 Å². The summed E-state index contributed by atoms with van der Waals surface area (Å²) in [5, 5.41) is 0. The molecule has 0 radical (unpaired) electrons. The largest absolute Gasteiger partial charge is 0.435 e. The second kappa shape index (κ2) is 7.71. The first-order chi connectivity index (χ1) is 10.2. The van der Waals surface area contributed by atoms with E-state index in [0.717, 1.165) is 24.9 Å². The molecule has 0 bridgehead atoms. The number of hydrogen-bond acceptors (Lipinski definition) is 3. The first-order valence-corrected chi connectivity index (χ1v) is 7.66. The van der Waals surface area contributed by atoms with Gasteiger partial charge < -0.3 is 10.5 Å². The number of hydrogen-bond donors (Lipinski definition) is 1. The Morgan fingerprint density at radius 2 is 1.95 bits per heavy atom. The summed E-state index contributed by atoms with van der Waals surface area (Å²) in [5.74, 6) is 0.191. The zero-order valence-electron chi connectivity index (χ0n) is 12.5. The Bertz CT molecular complexity index is 421. The molecule has 118 valence electrons. The molecule has 1 unspecified atom stereocenters. The molecule has 2 rings (SSSR count). The van der Waals surface area contributed by atoms with Crippen LogP contribution in [-0.2, 0) is 0 Å². The van der Waals surface area contributed by atoms with Crippen LogP contribution in [0.4, 0.5) is 8.78 Å². The molecule has 1 aromatic rings. The Hall–Kier alpha value is -1.20. The monoisotopic (exact) mass is 298 g/mol. The van der Waals surface area contributed by atoms with Crippen LogP contribution in [0.15, 0.2) is 24.3 Å². The molecule has 1 aliphatic rings. The maximum atomic E-state index is 12.2. The SMILES string of the molecule is CCCCN(C1CC1)C(CN)c1ccc(OC(F)F)cc1. The van der Waals surface area contributed by atoms with Gasteiger partial charge in [-0.05, 0) is 43.5 Å². The number of benzene rings is 1. The van der Waals surface area contributed by atoms with E-state index in [4.69, 9.17) is 5.73 Å². The number of unbranched alkanes of at least 4 members (excludes halogenated alkanes) is 1. The smallest absolute Gasteiger partial charge is 0.387 e. The van der Waals surface area contributed by atoms with Gasteiger partial charge in [-0.1, -0.05) is 25.5 Å². The van der Waals surface area contributed by atoms with Gasteiger partial charge in [-0.3, -0.25) is 4.90 Å². The molecule has 21 heavy (non-hydrogen) atoms. The summed E-state index contributed by atoms with van der Waals surface area (Å²) in [7, 11) is 0. The molecule has 0 heterocycles. The molecular weight excluding hydrogens is 274 g/mol. The number of nitrogens with two attached hydrogens (primary N) is 1. The van der Waals surface area contributed by atoms with Crippen LogP contribution in [0.3, 0.4) is 0 Å². The van der Waals surface area contributed by atoms with E-state index in [1.54, 1.807) is 12.1 Å². The topological polar surface area (TPSA) is 38.5 Å². The van der Waals surface area contributed by atoms with Gasteiger partial charge in [0.15, 0.2) is 0 Å². The van der Waals surface area contributed by atoms with E-state index < -0.39 is 6.61 Å². The minimum Gasteiger partial charge on any atom is -0.435 e. The third-order valence-electron chi connectivity index (χ3n) is 3.90. The molecule has 1 saturated carbocycles. The third-order valence-corrected chi connectivity index (χ3v) is 3.90. The van der Waals surface area contributed by atoms with Gasteiger partial charge in [-0.2, -0.15) is 8.78 Å². The van der Waals surface area contributed by atoms with E-state index in [0.29, 0.717) is 12.6 Å². The lowest BCUT2D eigenvalue weighted by Crippen LogP contribution is -2.36. The van der Waals surface area contributed by atoms with Crippen molar-refractivity contribution in [2.45, 2.75) is 51.3 Å². The normalized spacial score (nSPS) is 16.5. The average molecular weight is 298 g/mol. The van der Waals surface area contributed by atoms with Gasteiger partial charge in [0.1, 0.15) is 5.75 Å². The maximum absolute atomic E-state index is 12.2. The molecule has 1 aliphatic carbocycles. The first-order valence-electron chi connectivity index (χ1n) is 7.66. The van der Waals surface area contributed by atoms with Crippen molar-refractivity contribution in [2.24, 2.45) is 5.73 Å². The Balaban J connectivity index is 2.07. The summed E-state index contributed by atoms with van der Waals surface area (Å²) >= 11 is 0. The summed E-state index contributed by atoms with van der Waals surface area (Å²) in [4.78, 5) is 2.46. The summed E-state index contributed by atoms with van der Waals surface area (Å²) in [6, 6.07) is 7.66. The maximum Gasteiger partial charge on any atom is 0.387 e. The van der Waals surface area contributed by atoms with Crippen LogP contribution in [0.5, 0.6) is 5.75 Å². The van der Waals surface area contributed by atoms with Gasteiger partial charge in [-0.25, -0.2) is 0 Å². The third kappa shape index (κ3) is 4.64. The van der Waals surface area contributed by atoms with Crippen LogP contribution < -0.4 is 10.5 Å². The van der Waals surface area contributed by atoms with Crippen LogP contribution >= 0.6 is 0 Å². The van der Waals surface area contributed by atoms with Crippen molar-refractivity contribution in [3.63, 3.8) is 0 Å². The molecule has 5 heteroatoms. The molecule has 0 aromatic heterocycles. The van der Waals surface area contributed by atoms with Crippen molar-refractivity contribution in [1.29, 1.82) is 0 Å². The van der Waals surface area contributed by atoms with Gasteiger partial charge in [0.2, 0.25) is 0 Å². The summed E-state index contributed by atoms with van der Waals surface area (Å²) < 4.78 is 28.7. The predicted molar refractivity (Wildman–Crippen MR) is 79.5 cm³/mol. The Kier molecular flexibility index (Phi) is 5.94. The molecule has 3 nitrogen and oxygen atoms in total. The fourth-order valence-corrected chi connectivity index (χ4v) is 2.67. The second-order valence-electron chi connectivity index (χ2n) is 5.52. The molecule has 1 fully saturated rings. The quantitative estimate of drug-likeness (QED) is 0.757. The number of alkyl halides is 2. The fraction of sp³-hybridized carbons (Fsp3) is 0.625. The second-order valence-corrected chi connectivity index (χ2v) is 5.52. The predicted octanol–water partition coefficient (Wildman–Crippen LogP) is 3.55. The Morgan fingerprint density at radius 1 is 1.29 bits per heavy atom. The van der Waals surface area contributed by atoms with Crippen LogP contribution in [-0.4, -0.2) is 30.6 Å². The summed E-state index contributed by atoms with van der Waals surface area (Å²) in [6.45, 7) is 0.973. The molecule has 2 N–H and O–H groups in total. The van der Waals surface area contributed by atoms with Crippen LogP contribution in [0.1, 0.15) is 44.2 Å². The van der Waals surface area contributed by atoms with E-state index >= 15 is 0 Å². The summed E-state index contributed by atoms with van der Waals surface area (Å²) in [6.07, 6.45) is 4.76. The first kappa shape index (κ1) is 16.2. The number of nitrogens with zero attached hydrogens (tertiary/aromatic N) is 1. The number of halogens is 2. The van der Waals surface area contributed by atoms with Crippen molar-refractivity contribution in [1.82, 2.24) is 4.90 Å². The van der Waals surface area contributed by atoms with Crippen molar-refractivity contribution in [3.8, 4) is 5.75 Å². The lowest BCUT2D eigenvalue weighted by Gasteiger charge is -2.31. The highest BCUT2D eigenvalue weighted by Crippen LogP contribution is 2.34. The standard InChI is InChI=1S/C16H24F2N2O/c1-2-3-10-20(13-6-7-13)15(11-19)12-4-8-14(9-5-12)21-16(17)18/h4-5,8-9,13,15-16H,2-3,6-7,10-11,19H2,1H3. The minimum absolute atomic E-state index is 0.157. The van der Waals surface area contributed by atoms with Crippen LogP contribution in [0.2, 0.25) is 0 Å². The van der Waals surface area contributed by atoms with Gasteiger partial charge in [0.25, 0.3) is 0 Å². The van der Waals surface area contributed by atoms with E-state index in [1.807, 2.05) is 12.1 Å². The van der Waals surface area contributed by atoms with Gasteiger partial charge >= 0.3 is 6.61 Å². The Labute approximate surface area is 125 Å². The molecule has 1 aromatic carbocycles. The fourth-order valence-electron chi connectivity index (χ4n) is 2.67. The highest BCUT2D eigenvalue weighted by atomic mass is 19.3. The van der Waals surface area contributed by atoms with E-state index in [1.165, 1.54) is 12.8 Å². The van der Waals surface area contributed by atoms with Crippen LogP contribution in [0.25, 0.3) is 0 Å². The molecule has 0 spiro atoms. The highest BCUT2D eigenvalue weighted by molar-refractivity contribution is 5.29. The zero-order chi connectivity index (χ0) is 15.2. The van der Waals surface area contributed by atoms with E-state index in [-0.39, 0.29) is 11.8 Å². The van der Waals surface area contributed by atoms with Crippen LogP contribution in [0, 0.1) is 0 Å². The van der Waals surface area contributed by atoms with Crippen molar-refractivity contribution < 1.29 is 13.5 Å². The molecule has 1 atom stereocenters. The minimum atomic E-state index is -2.78. The van der Waals surface area contributed by atoms with E-state index in [9.17, 15) is 8.78 Å². The van der Waals surface area contributed by atoms with E-state index in [2.05, 4.69) is 16.6 Å². The zero-order valence-corrected chi connectivity index (χ0v) is 12.5. The van der Waals surface area contributed by atoms with Gasteiger partial charge in [-0.15, -0.1) is 0 Å². The van der Waals surface area contributed by atoms with Gasteiger partial charge in [0, 0.05) is 18.6 Å². The Morgan fingerprint density at radius 3 is 2.43 bits per heavy atom. The molecule has 0 saturated heterocycles. The lowest BCUT2D eigenvalue weighted by atomic mass is 10.0. The molecular formula is C16H24F2N2O. The number of rotatable bonds is 9. The average Bonchev–Trinajstić information content (AvgIpc) is 3.28. The molecule has 0 aliphatic heterocycles. The lowest BCUT2D eigenvalue weighted by molar-refractivity contribution is -0.0498. The molecule has 0 amide bonds. The summed E-state index contributed by atoms with van der Waals surface area (Å²) in [5.41, 5.74) is 7.04. The number of ether oxygens (including phenoxy) is 1. The van der Waals surface area contributed by atoms with Gasteiger partial charge in [0.05, 0.1) is 0 Å². The van der Waals surface area contributed by atoms with Crippen molar-refractivity contribution in [3.05, 3.63) is 29.8 Å². The van der Waals surface area contributed by atoms with Crippen molar-refractivity contribution in [2.75, 3.05) is 13.1 Å².